The lowest BCUT2D eigenvalue weighted by atomic mass is 10.1. The van der Waals surface area contributed by atoms with Crippen LogP contribution in [0.1, 0.15) is 12.5 Å². The standard InChI is InChI=1S/C22H20ClF3N4O2S/c1-14(33-21-27-10-11-30(21)16-7-5-6-15(23)12-16)20(32)29(2)13-19(31)28-18-9-4-3-8-17(18)22(24,25)26/h3-12,14H,13H2,1-2H3,(H,28,31)/t14-/m1/s1. The molecule has 0 aliphatic carbocycles. The van der Waals surface area contributed by atoms with Crippen molar-refractivity contribution in [2.45, 2.75) is 23.5 Å². The summed E-state index contributed by atoms with van der Waals surface area (Å²) in [5, 5.41) is 2.73. The van der Waals surface area contributed by atoms with Gasteiger partial charge in [-0.05, 0) is 37.3 Å². The zero-order chi connectivity index (χ0) is 24.2. The third-order valence-corrected chi connectivity index (χ3v) is 5.89. The number of aromatic nitrogens is 2. The highest BCUT2D eigenvalue weighted by Gasteiger charge is 2.33. The Kier molecular flexibility index (Phi) is 7.70. The fraction of sp³-hybridized carbons (Fsp3) is 0.227. The second kappa shape index (κ2) is 10.3. The van der Waals surface area contributed by atoms with Crippen LogP contribution in [0.15, 0.2) is 66.1 Å². The van der Waals surface area contributed by atoms with Crippen LogP contribution in [0.3, 0.4) is 0 Å². The number of rotatable bonds is 7. The number of hydrogen-bond donors (Lipinski definition) is 1. The molecule has 174 valence electrons. The third-order valence-electron chi connectivity index (χ3n) is 4.59. The van der Waals surface area contributed by atoms with Gasteiger partial charge in [-0.2, -0.15) is 13.2 Å². The van der Waals surface area contributed by atoms with E-state index in [1.807, 2.05) is 6.07 Å². The number of imidazole rings is 1. The van der Waals surface area contributed by atoms with Crippen molar-refractivity contribution >= 4 is 40.9 Å². The molecule has 6 nitrogen and oxygen atoms in total. The number of carbonyl (C=O) groups is 2. The van der Waals surface area contributed by atoms with Gasteiger partial charge in [0.05, 0.1) is 23.0 Å². The van der Waals surface area contributed by atoms with E-state index >= 15 is 0 Å². The van der Waals surface area contributed by atoms with Gasteiger partial charge in [0, 0.05) is 30.2 Å². The molecule has 11 heteroatoms. The average Bonchev–Trinajstić information content (AvgIpc) is 3.20. The molecule has 0 bridgehead atoms. The number of nitrogens with one attached hydrogen (secondary N) is 1. The molecule has 1 atom stereocenters. The van der Waals surface area contributed by atoms with Gasteiger partial charge in [-0.1, -0.05) is 41.6 Å². The van der Waals surface area contributed by atoms with E-state index in [0.29, 0.717) is 10.2 Å². The van der Waals surface area contributed by atoms with Gasteiger partial charge >= 0.3 is 6.18 Å². The number of anilines is 1. The number of thioether (sulfide) groups is 1. The van der Waals surface area contributed by atoms with E-state index in [4.69, 9.17) is 11.6 Å². The number of alkyl halides is 3. The molecule has 0 saturated carbocycles. The summed E-state index contributed by atoms with van der Waals surface area (Å²) >= 11 is 7.24. The fourth-order valence-electron chi connectivity index (χ4n) is 3.04. The molecule has 0 radical (unpaired) electrons. The lowest BCUT2D eigenvalue weighted by Crippen LogP contribution is -2.39. The van der Waals surface area contributed by atoms with Crippen LogP contribution >= 0.6 is 23.4 Å². The van der Waals surface area contributed by atoms with E-state index in [2.05, 4.69) is 10.3 Å². The smallest absolute Gasteiger partial charge is 0.335 e. The van der Waals surface area contributed by atoms with E-state index < -0.39 is 29.4 Å². The molecule has 2 aromatic carbocycles. The Hall–Kier alpha value is -2.98. The first-order valence-corrected chi connectivity index (χ1v) is 11.0. The van der Waals surface area contributed by atoms with Crippen LogP contribution in [0.4, 0.5) is 18.9 Å². The molecule has 0 aliphatic heterocycles. The number of benzene rings is 2. The molecule has 33 heavy (non-hydrogen) atoms. The zero-order valence-electron chi connectivity index (χ0n) is 17.6. The van der Waals surface area contributed by atoms with E-state index in [1.165, 1.54) is 30.9 Å². The fourth-order valence-corrected chi connectivity index (χ4v) is 4.22. The molecule has 2 amide bonds. The normalized spacial score (nSPS) is 12.3. The molecular weight excluding hydrogens is 477 g/mol. The lowest BCUT2D eigenvalue weighted by molar-refractivity contribution is -0.137. The Morgan fingerprint density at radius 3 is 2.64 bits per heavy atom. The highest BCUT2D eigenvalue weighted by molar-refractivity contribution is 8.00. The van der Waals surface area contributed by atoms with Crippen LogP contribution in [-0.4, -0.2) is 45.1 Å². The molecule has 1 aromatic heterocycles. The maximum Gasteiger partial charge on any atom is 0.418 e. The topological polar surface area (TPSA) is 67.2 Å². The molecule has 3 aromatic rings. The minimum atomic E-state index is -4.61. The number of likely N-dealkylation sites (N-methyl/N-ethyl adjacent to an activating group) is 1. The molecule has 0 spiro atoms. The van der Waals surface area contributed by atoms with Gasteiger partial charge < -0.3 is 10.2 Å². The lowest BCUT2D eigenvalue weighted by Gasteiger charge is -2.21. The maximum absolute atomic E-state index is 13.1. The predicted octanol–water partition coefficient (Wildman–Crippen LogP) is 5.12. The third kappa shape index (κ3) is 6.29. The number of halogens is 4. The summed E-state index contributed by atoms with van der Waals surface area (Å²) in [5.41, 5.74) is -0.538. The van der Waals surface area contributed by atoms with Crippen molar-refractivity contribution in [1.82, 2.24) is 14.5 Å². The molecule has 1 heterocycles. The van der Waals surface area contributed by atoms with Crippen LogP contribution < -0.4 is 5.32 Å². The van der Waals surface area contributed by atoms with E-state index in [-0.39, 0.29) is 11.6 Å². The van der Waals surface area contributed by atoms with Gasteiger partial charge in [0.15, 0.2) is 5.16 Å². The van der Waals surface area contributed by atoms with Crippen LogP contribution in [0.2, 0.25) is 5.02 Å². The van der Waals surface area contributed by atoms with E-state index in [9.17, 15) is 22.8 Å². The Morgan fingerprint density at radius 1 is 1.21 bits per heavy atom. The summed E-state index contributed by atoms with van der Waals surface area (Å²) in [6, 6.07) is 11.8. The first-order valence-electron chi connectivity index (χ1n) is 9.73. The maximum atomic E-state index is 13.1. The predicted molar refractivity (Wildman–Crippen MR) is 122 cm³/mol. The van der Waals surface area contributed by atoms with Crippen molar-refractivity contribution in [2.75, 3.05) is 18.9 Å². The Labute approximate surface area is 197 Å². The first-order chi connectivity index (χ1) is 15.6. The quantitative estimate of drug-likeness (QED) is 0.461. The number of amides is 2. The van der Waals surface area contributed by atoms with Gasteiger partial charge in [0.1, 0.15) is 0 Å². The minimum Gasteiger partial charge on any atom is -0.335 e. The first kappa shape index (κ1) is 24.7. The molecule has 0 aliphatic rings. The number of nitrogens with zero attached hydrogens (tertiary/aromatic N) is 3. The van der Waals surface area contributed by atoms with Gasteiger partial charge in [-0.25, -0.2) is 4.98 Å². The van der Waals surface area contributed by atoms with Crippen LogP contribution in [0.5, 0.6) is 0 Å². The Balaban J connectivity index is 1.63. The van der Waals surface area contributed by atoms with Crippen molar-refractivity contribution in [3.63, 3.8) is 0 Å². The molecule has 0 unspecified atom stereocenters. The summed E-state index contributed by atoms with van der Waals surface area (Å²) in [5.74, 6) is -1.11. The number of carbonyl (C=O) groups excluding carboxylic acids is 2. The summed E-state index contributed by atoms with van der Waals surface area (Å²) in [6.45, 7) is 1.26. The summed E-state index contributed by atoms with van der Waals surface area (Å²) in [4.78, 5) is 30.5. The molecule has 1 N–H and O–H groups in total. The van der Waals surface area contributed by atoms with Crippen LogP contribution in [-0.2, 0) is 15.8 Å². The van der Waals surface area contributed by atoms with Crippen molar-refractivity contribution in [3.8, 4) is 5.69 Å². The Bertz CT molecular complexity index is 1150. The molecule has 0 saturated heterocycles. The Morgan fingerprint density at radius 2 is 1.94 bits per heavy atom. The monoisotopic (exact) mass is 496 g/mol. The highest BCUT2D eigenvalue weighted by atomic mass is 35.5. The molecule has 0 fully saturated rings. The van der Waals surface area contributed by atoms with Crippen molar-refractivity contribution in [2.24, 2.45) is 0 Å². The largest absolute Gasteiger partial charge is 0.418 e. The summed E-state index contributed by atoms with van der Waals surface area (Å²) < 4.78 is 41.1. The van der Waals surface area contributed by atoms with Gasteiger partial charge in [0.25, 0.3) is 0 Å². The van der Waals surface area contributed by atoms with Crippen molar-refractivity contribution < 1.29 is 22.8 Å². The SMILES string of the molecule is C[C@@H](Sc1nccn1-c1cccc(Cl)c1)C(=O)N(C)CC(=O)Nc1ccccc1C(F)(F)F. The van der Waals surface area contributed by atoms with Crippen LogP contribution in [0, 0.1) is 0 Å². The number of hydrogen-bond acceptors (Lipinski definition) is 4. The van der Waals surface area contributed by atoms with Crippen molar-refractivity contribution in [1.29, 1.82) is 0 Å². The molecular formula is C22H20ClF3N4O2S. The van der Waals surface area contributed by atoms with Crippen LogP contribution in [0.25, 0.3) is 5.69 Å². The second-order valence-electron chi connectivity index (χ2n) is 7.11. The average molecular weight is 497 g/mol. The number of para-hydroxylation sites is 1. The summed E-state index contributed by atoms with van der Waals surface area (Å²) in [6.07, 6.45) is -1.28. The second-order valence-corrected chi connectivity index (χ2v) is 8.85. The zero-order valence-corrected chi connectivity index (χ0v) is 19.2. The van der Waals surface area contributed by atoms with Gasteiger partial charge in [-0.3, -0.25) is 14.2 Å². The van der Waals surface area contributed by atoms with Gasteiger partial charge in [0.2, 0.25) is 11.8 Å². The van der Waals surface area contributed by atoms with E-state index in [1.54, 1.807) is 42.1 Å². The minimum absolute atomic E-state index is 0.359. The molecule has 3 rings (SSSR count). The van der Waals surface area contributed by atoms with Gasteiger partial charge in [-0.15, -0.1) is 0 Å². The van der Waals surface area contributed by atoms with E-state index in [0.717, 1.165) is 22.7 Å². The summed E-state index contributed by atoms with van der Waals surface area (Å²) in [7, 11) is 1.41. The van der Waals surface area contributed by atoms with Crippen molar-refractivity contribution in [3.05, 3.63) is 71.5 Å². The highest BCUT2D eigenvalue weighted by Crippen LogP contribution is 2.34.